The minimum atomic E-state index is -0.359. The van der Waals surface area contributed by atoms with E-state index in [4.69, 9.17) is 0 Å². The second kappa shape index (κ2) is 8.88. The van der Waals surface area contributed by atoms with Crippen molar-refractivity contribution in [2.45, 2.75) is 57.5 Å². The van der Waals surface area contributed by atoms with Crippen molar-refractivity contribution in [3.05, 3.63) is 64.5 Å². The summed E-state index contributed by atoms with van der Waals surface area (Å²) in [6.07, 6.45) is 8.54. The molecule has 1 amide bonds. The van der Waals surface area contributed by atoms with Gasteiger partial charge in [-0.25, -0.2) is 14.2 Å². The summed E-state index contributed by atoms with van der Waals surface area (Å²) in [4.78, 5) is 32.6. The van der Waals surface area contributed by atoms with Gasteiger partial charge in [0.15, 0.2) is 5.65 Å². The minimum Gasteiger partial charge on any atom is -0.340 e. The highest BCUT2D eigenvalue weighted by molar-refractivity contribution is 5.79. The van der Waals surface area contributed by atoms with E-state index in [1.165, 1.54) is 38.2 Å². The molecule has 2 aromatic heterocycles. The van der Waals surface area contributed by atoms with E-state index < -0.39 is 0 Å². The van der Waals surface area contributed by atoms with Gasteiger partial charge in [-0.15, -0.1) is 0 Å². The number of fused-ring (bicyclic) bond motifs is 1. The molecule has 3 aromatic rings. The number of pyridine rings is 1. The summed E-state index contributed by atoms with van der Waals surface area (Å²) >= 11 is 0. The third-order valence-electron chi connectivity index (χ3n) is 7.07. The molecular weight excluding hydrogens is 407 g/mol. The van der Waals surface area contributed by atoms with Crippen LogP contribution in [0.5, 0.6) is 0 Å². The van der Waals surface area contributed by atoms with Gasteiger partial charge in [0.25, 0.3) is 0 Å². The van der Waals surface area contributed by atoms with E-state index in [2.05, 4.69) is 4.98 Å². The third-order valence-corrected chi connectivity index (χ3v) is 7.07. The molecule has 0 N–H and O–H groups in total. The molecule has 2 aliphatic rings. The smallest absolute Gasteiger partial charge is 0.330 e. The largest absolute Gasteiger partial charge is 0.340 e. The molecule has 1 saturated heterocycles. The van der Waals surface area contributed by atoms with Crippen molar-refractivity contribution in [1.82, 2.24) is 19.0 Å². The first-order valence-corrected chi connectivity index (χ1v) is 11.7. The molecule has 1 saturated carbocycles. The van der Waals surface area contributed by atoms with E-state index in [1.54, 1.807) is 33.9 Å². The molecule has 1 unspecified atom stereocenters. The molecule has 3 heterocycles. The molecule has 5 rings (SSSR count). The quantitative estimate of drug-likeness (QED) is 0.609. The maximum Gasteiger partial charge on any atom is 0.330 e. The van der Waals surface area contributed by atoms with E-state index in [0.717, 1.165) is 12.1 Å². The normalized spacial score (nSPS) is 19.7. The molecule has 2 fully saturated rings. The van der Waals surface area contributed by atoms with E-state index in [-0.39, 0.29) is 29.9 Å². The number of rotatable bonds is 5. The second-order valence-electron chi connectivity index (χ2n) is 9.16. The summed E-state index contributed by atoms with van der Waals surface area (Å²) in [5, 5.41) is 0. The van der Waals surface area contributed by atoms with Crippen LogP contribution in [0.2, 0.25) is 0 Å². The Morgan fingerprint density at radius 2 is 1.88 bits per heavy atom. The first-order valence-electron chi connectivity index (χ1n) is 11.7. The zero-order valence-corrected chi connectivity index (χ0v) is 18.3. The van der Waals surface area contributed by atoms with Crippen molar-refractivity contribution in [2.24, 2.45) is 5.92 Å². The summed E-state index contributed by atoms with van der Waals surface area (Å²) in [5.41, 5.74) is 1.95. The predicted octanol–water partition coefficient (Wildman–Crippen LogP) is 3.93. The minimum absolute atomic E-state index is 0.0299. The number of amides is 1. The fourth-order valence-corrected chi connectivity index (χ4v) is 5.34. The first-order chi connectivity index (χ1) is 15.6. The van der Waals surface area contributed by atoms with E-state index >= 15 is 0 Å². The molecule has 1 aliphatic carbocycles. The highest BCUT2D eigenvalue weighted by atomic mass is 19.1. The molecule has 0 spiro atoms. The van der Waals surface area contributed by atoms with Crippen LogP contribution in [-0.2, 0) is 17.8 Å². The lowest BCUT2D eigenvalue weighted by atomic mass is 9.89. The van der Waals surface area contributed by atoms with E-state index in [1.807, 2.05) is 16.7 Å². The van der Waals surface area contributed by atoms with Crippen molar-refractivity contribution < 1.29 is 9.18 Å². The van der Waals surface area contributed by atoms with Crippen LogP contribution in [0.15, 0.2) is 47.4 Å². The van der Waals surface area contributed by atoms with Crippen LogP contribution in [0.1, 0.15) is 50.1 Å². The molecule has 32 heavy (non-hydrogen) atoms. The van der Waals surface area contributed by atoms with Crippen LogP contribution in [0.25, 0.3) is 11.2 Å². The number of aromatic nitrogens is 3. The Kier molecular flexibility index (Phi) is 5.81. The number of imidazole rings is 1. The number of nitrogens with zero attached hydrogens (tertiary/aromatic N) is 4. The summed E-state index contributed by atoms with van der Waals surface area (Å²) in [6.45, 7) is 1.75. The number of carbonyl (C=O) groups excluding carboxylic acids is 1. The lowest BCUT2D eigenvalue weighted by molar-refractivity contribution is -0.129. The van der Waals surface area contributed by atoms with Crippen molar-refractivity contribution in [3.63, 3.8) is 0 Å². The summed E-state index contributed by atoms with van der Waals surface area (Å²) in [7, 11) is 0. The van der Waals surface area contributed by atoms with E-state index in [9.17, 15) is 14.0 Å². The van der Waals surface area contributed by atoms with Gasteiger partial charge in [0.05, 0.1) is 18.0 Å². The van der Waals surface area contributed by atoms with Crippen LogP contribution < -0.4 is 5.69 Å². The maximum absolute atomic E-state index is 14.0. The molecule has 1 aromatic carbocycles. The Labute approximate surface area is 186 Å². The van der Waals surface area contributed by atoms with Crippen molar-refractivity contribution in [3.8, 4) is 0 Å². The maximum atomic E-state index is 14.0. The summed E-state index contributed by atoms with van der Waals surface area (Å²) in [6, 6.07) is 10.1. The van der Waals surface area contributed by atoms with Gasteiger partial charge in [-0.05, 0) is 48.9 Å². The van der Waals surface area contributed by atoms with Crippen LogP contribution in [0, 0.1) is 11.7 Å². The molecule has 6 nitrogen and oxygen atoms in total. The monoisotopic (exact) mass is 436 g/mol. The molecule has 1 aliphatic heterocycles. The fraction of sp³-hybridized carbons (Fsp3) is 0.480. The van der Waals surface area contributed by atoms with Gasteiger partial charge >= 0.3 is 5.69 Å². The Morgan fingerprint density at radius 1 is 1.06 bits per heavy atom. The lowest BCUT2D eigenvalue weighted by Gasteiger charge is -2.21. The Balaban J connectivity index is 1.38. The summed E-state index contributed by atoms with van der Waals surface area (Å²) < 4.78 is 17.7. The van der Waals surface area contributed by atoms with Gasteiger partial charge in [0, 0.05) is 25.8 Å². The second-order valence-corrected chi connectivity index (χ2v) is 9.16. The van der Waals surface area contributed by atoms with Gasteiger partial charge in [0.2, 0.25) is 5.91 Å². The van der Waals surface area contributed by atoms with E-state index in [0.29, 0.717) is 36.6 Å². The Morgan fingerprint density at radius 3 is 2.69 bits per heavy atom. The number of likely N-dealkylation sites (tertiary alicyclic amines) is 1. The standard InChI is InChI=1S/C25H29FN4O2/c26-21-10-5-4-9-19(21)15-23(31)28-14-12-20(17-28)30-24-22(11-6-13-27-24)29(25(30)32)16-18-7-2-1-3-8-18/h4-6,9-11,13,18,20H,1-3,7-8,12,14-17H2. The number of carbonyl (C=O) groups is 1. The van der Waals surface area contributed by atoms with Gasteiger partial charge in [-0.1, -0.05) is 37.5 Å². The number of benzene rings is 1. The van der Waals surface area contributed by atoms with Crippen LogP contribution in [0.3, 0.4) is 0 Å². The van der Waals surface area contributed by atoms with Crippen molar-refractivity contribution in [2.75, 3.05) is 13.1 Å². The SMILES string of the molecule is O=C(Cc1ccccc1F)N1CCC(n2c(=O)n(CC3CCCCC3)c3cccnc32)C1. The average molecular weight is 437 g/mol. The highest BCUT2D eigenvalue weighted by Crippen LogP contribution is 2.28. The molecule has 7 heteroatoms. The topological polar surface area (TPSA) is 60.1 Å². The zero-order valence-electron chi connectivity index (χ0n) is 18.3. The Hall–Kier alpha value is -2.96. The number of halogens is 1. The van der Waals surface area contributed by atoms with Crippen LogP contribution >= 0.6 is 0 Å². The zero-order chi connectivity index (χ0) is 22.1. The lowest BCUT2D eigenvalue weighted by Crippen LogP contribution is -2.33. The predicted molar refractivity (Wildman–Crippen MR) is 121 cm³/mol. The first kappa shape index (κ1) is 20.9. The molecule has 0 bridgehead atoms. The van der Waals surface area contributed by atoms with Crippen LogP contribution in [-0.4, -0.2) is 38.0 Å². The Bertz CT molecular complexity index is 1180. The molecule has 1 atom stereocenters. The molecular formula is C25H29FN4O2. The molecule has 0 radical (unpaired) electrons. The van der Waals surface area contributed by atoms with Crippen LogP contribution in [0.4, 0.5) is 4.39 Å². The summed E-state index contributed by atoms with van der Waals surface area (Å²) in [5.74, 6) is 0.0653. The molecule has 168 valence electrons. The van der Waals surface area contributed by atoms with Gasteiger partial charge < -0.3 is 4.90 Å². The van der Waals surface area contributed by atoms with Crippen molar-refractivity contribution >= 4 is 17.1 Å². The van der Waals surface area contributed by atoms with Gasteiger partial charge in [-0.3, -0.25) is 13.9 Å². The van der Waals surface area contributed by atoms with Gasteiger partial charge in [-0.2, -0.15) is 0 Å². The highest BCUT2D eigenvalue weighted by Gasteiger charge is 2.31. The van der Waals surface area contributed by atoms with Gasteiger partial charge in [0.1, 0.15) is 5.82 Å². The fourth-order valence-electron chi connectivity index (χ4n) is 5.34. The third kappa shape index (κ3) is 3.96. The number of hydrogen-bond donors (Lipinski definition) is 0. The number of hydrogen-bond acceptors (Lipinski definition) is 3. The van der Waals surface area contributed by atoms with Crippen molar-refractivity contribution in [1.29, 1.82) is 0 Å². The average Bonchev–Trinajstić information content (AvgIpc) is 3.39.